The van der Waals surface area contributed by atoms with Gasteiger partial charge in [0.2, 0.25) is 0 Å². The van der Waals surface area contributed by atoms with E-state index >= 15 is 0 Å². The number of carbonyl (C=O) groups is 1. The molecule has 0 saturated carbocycles. The summed E-state index contributed by atoms with van der Waals surface area (Å²) in [5.74, 6) is 0.693. The van der Waals surface area contributed by atoms with Gasteiger partial charge in [-0.25, -0.2) is 0 Å². The van der Waals surface area contributed by atoms with Gasteiger partial charge in [0.05, 0.1) is 17.5 Å². The highest BCUT2D eigenvalue weighted by Crippen LogP contribution is 2.24. The first-order chi connectivity index (χ1) is 9.24. The van der Waals surface area contributed by atoms with Crippen molar-refractivity contribution in [3.8, 4) is 0 Å². The molecule has 0 fully saturated rings. The Balaban J connectivity index is 1.85. The molecular weight excluding hydrogens is 240 g/mol. The molecule has 2 aromatic rings. The molecule has 0 spiro atoms. The number of anilines is 1. The van der Waals surface area contributed by atoms with Gasteiger partial charge in [-0.3, -0.25) is 4.79 Å². The second kappa shape index (κ2) is 4.65. The molecule has 1 aromatic carbocycles. The molecule has 0 unspecified atom stereocenters. The highest BCUT2D eigenvalue weighted by molar-refractivity contribution is 6.02. The van der Waals surface area contributed by atoms with Crippen molar-refractivity contribution < 1.29 is 9.21 Å². The minimum absolute atomic E-state index is 0.0634. The zero-order valence-corrected chi connectivity index (χ0v) is 10.5. The number of aryl methyl sites for hydroxylation is 1. The molecule has 0 aliphatic carbocycles. The summed E-state index contributed by atoms with van der Waals surface area (Å²) in [7, 11) is 0. The van der Waals surface area contributed by atoms with Gasteiger partial charge >= 0.3 is 0 Å². The molecular formula is C15H14N2O2. The van der Waals surface area contributed by atoms with Crippen molar-refractivity contribution in [3.05, 3.63) is 59.6 Å². The van der Waals surface area contributed by atoms with Crippen LogP contribution in [0.1, 0.15) is 21.7 Å². The number of nitrogens with one attached hydrogen (secondary N) is 2. The SMILES string of the molecule is Cc1cccc2c1N[C@H](/C=C/c1ccco1)NC2=O. The summed E-state index contributed by atoms with van der Waals surface area (Å²) in [5, 5.41) is 6.18. The number of amides is 1. The first kappa shape index (κ1) is 11.6. The van der Waals surface area contributed by atoms with Gasteiger partial charge in [0.15, 0.2) is 0 Å². The Morgan fingerprint density at radius 1 is 1.21 bits per heavy atom. The lowest BCUT2D eigenvalue weighted by atomic mass is 10.0. The standard InChI is InChI=1S/C15H14N2O2/c1-10-4-2-6-12-14(10)16-13(17-15(12)18)8-7-11-5-3-9-19-11/h2-9,13,16H,1H3,(H,17,18)/b8-7+/t13-/m0/s1. The normalized spacial score (nSPS) is 17.9. The number of hydrogen-bond acceptors (Lipinski definition) is 3. The number of benzene rings is 1. The molecule has 1 aromatic heterocycles. The quantitative estimate of drug-likeness (QED) is 0.866. The fraction of sp³-hybridized carbons (Fsp3) is 0.133. The van der Waals surface area contributed by atoms with Crippen LogP contribution >= 0.6 is 0 Å². The summed E-state index contributed by atoms with van der Waals surface area (Å²) in [6.45, 7) is 1.98. The van der Waals surface area contributed by atoms with E-state index in [9.17, 15) is 4.79 Å². The number of rotatable bonds is 2. The van der Waals surface area contributed by atoms with E-state index in [4.69, 9.17) is 4.42 Å². The fourth-order valence-corrected chi connectivity index (χ4v) is 2.13. The Morgan fingerprint density at radius 3 is 2.89 bits per heavy atom. The van der Waals surface area contributed by atoms with E-state index in [1.807, 2.05) is 49.4 Å². The van der Waals surface area contributed by atoms with Gasteiger partial charge < -0.3 is 15.1 Å². The van der Waals surface area contributed by atoms with Crippen LogP contribution in [0, 0.1) is 6.92 Å². The van der Waals surface area contributed by atoms with Crippen LogP contribution in [0.5, 0.6) is 0 Å². The maximum absolute atomic E-state index is 12.0. The molecule has 3 rings (SSSR count). The first-order valence-corrected chi connectivity index (χ1v) is 6.13. The van der Waals surface area contributed by atoms with E-state index in [0.717, 1.165) is 17.0 Å². The lowest BCUT2D eigenvalue weighted by molar-refractivity contribution is 0.0943. The van der Waals surface area contributed by atoms with E-state index in [2.05, 4.69) is 10.6 Å². The summed E-state index contributed by atoms with van der Waals surface area (Å²) >= 11 is 0. The maximum atomic E-state index is 12.0. The molecule has 1 amide bonds. The number of hydrogen-bond donors (Lipinski definition) is 2. The van der Waals surface area contributed by atoms with Gasteiger partial charge in [-0.05, 0) is 42.8 Å². The number of para-hydroxylation sites is 1. The highest BCUT2D eigenvalue weighted by atomic mass is 16.3. The Hall–Kier alpha value is -2.49. The lowest BCUT2D eigenvalue weighted by Crippen LogP contribution is -2.43. The van der Waals surface area contributed by atoms with Crippen molar-refractivity contribution >= 4 is 17.7 Å². The van der Waals surface area contributed by atoms with Gasteiger partial charge in [0.25, 0.3) is 5.91 Å². The zero-order valence-electron chi connectivity index (χ0n) is 10.5. The van der Waals surface area contributed by atoms with Gasteiger partial charge in [0, 0.05) is 0 Å². The molecule has 0 bridgehead atoms. The second-order valence-electron chi connectivity index (χ2n) is 4.47. The molecule has 4 heteroatoms. The summed E-state index contributed by atoms with van der Waals surface area (Å²) < 4.78 is 5.22. The van der Waals surface area contributed by atoms with Crippen molar-refractivity contribution in [3.63, 3.8) is 0 Å². The minimum atomic E-state index is -0.230. The largest absolute Gasteiger partial charge is 0.465 e. The molecule has 1 aliphatic heterocycles. The van der Waals surface area contributed by atoms with Crippen molar-refractivity contribution in [2.45, 2.75) is 13.1 Å². The van der Waals surface area contributed by atoms with E-state index in [0.29, 0.717) is 5.56 Å². The molecule has 1 atom stereocenters. The van der Waals surface area contributed by atoms with Crippen LogP contribution in [-0.4, -0.2) is 12.1 Å². The molecule has 4 nitrogen and oxygen atoms in total. The minimum Gasteiger partial charge on any atom is -0.465 e. The predicted molar refractivity (Wildman–Crippen MR) is 73.8 cm³/mol. The molecule has 2 N–H and O–H groups in total. The third-order valence-electron chi connectivity index (χ3n) is 3.10. The topological polar surface area (TPSA) is 54.3 Å². The van der Waals surface area contributed by atoms with Crippen molar-refractivity contribution in [2.75, 3.05) is 5.32 Å². The predicted octanol–water partition coefficient (Wildman–Crippen LogP) is 2.78. The van der Waals surface area contributed by atoms with Crippen LogP contribution in [-0.2, 0) is 0 Å². The Bertz CT molecular complexity index is 630. The average Bonchev–Trinajstić information content (AvgIpc) is 2.91. The number of carbonyl (C=O) groups excluding carboxylic acids is 1. The Labute approximate surface area is 111 Å². The van der Waals surface area contributed by atoms with Crippen LogP contribution in [0.25, 0.3) is 6.08 Å². The summed E-state index contributed by atoms with van der Waals surface area (Å²) in [5.41, 5.74) is 2.63. The van der Waals surface area contributed by atoms with Gasteiger partial charge in [-0.2, -0.15) is 0 Å². The maximum Gasteiger partial charge on any atom is 0.255 e. The van der Waals surface area contributed by atoms with E-state index in [1.165, 1.54) is 0 Å². The van der Waals surface area contributed by atoms with Crippen LogP contribution in [0.2, 0.25) is 0 Å². The summed E-state index contributed by atoms with van der Waals surface area (Å²) in [6.07, 6.45) is 5.09. The van der Waals surface area contributed by atoms with E-state index in [1.54, 1.807) is 6.26 Å². The van der Waals surface area contributed by atoms with E-state index < -0.39 is 0 Å². The van der Waals surface area contributed by atoms with Gasteiger partial charge in [-0.1, -0.05) is 12.1 Å². The molecule has 2 heterocycles. The zero-order chi connectivity index (χ0) is 13.2. The molecule has 19 heavy (non-hydrogen) atoms. The van der Waals surface area contributed by atoms with Crippen LogP contribution < -0.4 is 10.6 Å². The van der Waals surface area contributed by atoms with E-state index in [-0.39, 0.29) is 12.1 Å². The highest BCUT2D eigenvalue weighted by Gasteiger charge is 2.22. The Morgan fingerprint density at radius 2 is 2.11 bits per heavy atom. The van der Waals surface area contributed by atoms with Crippen LogP contribution in [0.15, 0.2) is 47.1 Å². The van der Waals surface area contributed by atoms with Crippen molar-refractivity contribution in [2.24, 2.45) is 0 Å². The lowest BCUT2D eigenvalue weighted by Gasteiger charge is -2.26. The van der Waals surface area contributed by atoms with Crippen LogP contribution in [0.4, 0.5) is 5.69 Å². The first-order valence-electron chi connectivity index (χ1n) is 6.13. The van der Waals surface area contributed by atoms with Crippen molar-refractivity contribution in [1.82, 2.24) is 5.32 Å². The molecule has 0 radical (unpaired) electrons. The van der Waals surface area contributed by atoms with Crippen LogP contribution in [0.3, 0.4) is 0 Å². The fourth-order valence-electron chi connectivity index (χ4n) is 2.13. The second-order valence-corrected chi connectivity index (χ2v) is 4.47. The molecule has 96 valence electrons. The average molecular weight is 254 g/mol. The third-order valence-corrected chi connectivity index (χ3v) is 3.10. The number of fused-ring (bicyclic) bond motifs is 1. The Kier molecular flexibility index (Phi) is 2.83. The van der Waals surface area contributed by atoms with Gasteiger partial charge in [0.1, 0.15) is 11.9 Å². The monoisotopic (exact) mass is 254 g/mol. The molecule has 0 saturated heterocycles. The number of furan rings is 1. The summed E-state index contributed by atoms with van der Waals surface area (Å²) in [6, 6.07) is 9.37. The molecule has 1 aliphatic rings. The van der Waals surface area contributed by atoms with Crippen molar-refractivity contribution in [1.29, 1.82) is 0 Å². The summed E-state index contributed by atoms with van der Waals surface area (Å²) in [4.78, 5) is 12.0. The smallest absolute Gasteiger partial charge is 0.255 e. The van der Waals surface area contributed by atoms with Gasteiger partial charge in [-0.15, -0.1) is 0 Å². The third kappa shape index (κ3) is 2.25.